The van der Waals surface area contributed by atoms with Crippen LogP contribution in [0.2, 0.25) is 0 Å². The molecule has 0 radical (unpaired) electrons. The molecule has 1 aromatic heterocycles. The molecule has 3 rings (SSSR count). The van der Waals surface area contributed by atoms with E-state index in [9.17, 15) is 4.79 Å². The standard InChI is InChI=1S/C21H30N8O/c1-21(2,3)17-11-18(26-28(17)5)25-20(30)27(4)15-6-8-29(9-7-15)16-10-14(12-22)19(23)24-13-16/h10-13,15H,5-9H2,1-4H3,(H3-,22,23,24,25,26,30)/p+2. The monoisotopic (exact) mass is 412 g/mol. The second kappa shape index (κ2) is 8.25. The number of carbonyl (C=O) groups is 1. The number of amides is 2. The number of amidine groups is 1. The molecule has 0 unspecified atom stereocenters. The number of piperidine rings is 1. The molecule has 0 saturated carbocycles. The maximum atomic E-state index is 12.7. The number of nitrogens with two attached hydrogens (primary N) is 2. The van der Waals surface area contributed by atoms with Crippen LogP contribution in [-0.4, -0.2) is 65.5 Å². The fraction of sp³-hybridized carbons (Fsp3) is 0.476. The molecule has 0 atom stereocenters. The van der Waals surface area contributed by atoms with Crippen molar-refractivity contribution in [2.45, 2.75) is 39.7 Å². The number of hydrogen-bond donors (Lipinski definition) is 3. The molecule has 0 bridgehead atoms. The Hall–Kier alpha value is -3.23. The maximum absolute atomic E-state index is 12.7. The minimum atomic E-state index is -0.166. The van der Waals surface area contributed by atoms with Gasteiger partial charge in [-0.2, -0.15) is 0 Å². The zero-order valence-corrected chi connectivity index (χ0v) is 18.2. The summed E-state index contributed by atoms with van der Waals surface area (Å²) in [7, 11) is 1.83. The Balaban J connectivity index is 1.58. The van der Waals surface area contributed by atoms with Gasteiger partial charge in [-0.05, 0) is 18.9 Å². The van der Waals surface area contributed by atoms with Crippen molar-refractivity contribution in [3.8, 4) is 0 Å². The Bertz CT molecular complexity index is 919. The van der Waals surface area contributed by atoms with Gasteiger partial charge < -0.3 is 15.5 Å². The second-order valence-electron chi connectivity index (χ2n) is 8.76. The molecule has 1 saturated heterocycles. The van der Waals surface area contributed by atoms with Gasteiger partial charge >= 0.3 is 6.03 Å². The number of pyridine rings is 1. The number of nitrogen functional groups attached to an aromatic ring is 1. The second-order valence-corrected chi connectivity index (χ2v) is 8.76. The van der Waals surface area contributed by atoms with Crippen molar-refractivity contribution in [3.63, 3.8) is 0 Å². The summed E-state index contributed by atoms with van der Waals surface area (Å²) in [6.45, 7) is 11.8. The number of hydrazone groups is 1. The van der Waals surface area contributed by atoms with Gasteiger partial charge in [0, 0.05) is 36.7 Å². The van der Waals surface area contributed by atoms with Crippen molar-refractivity contribution in [1.29, 1.82) is 0 Å². The fourth-order valence-electron chi connectivity index (χ4n) is 3.74. The highest BCUT2D eigenvalue weighted by Crippen LogP contribution is 2.28. The lowest BCUT2D eigenvalue weighted by atomic mass is 9.92. The number of carbonyl (C=O) groups excluding carboxylic acids is 1. The van der Waals surface area contributed by atoms with E-state index in [-0.39, 0.29) is 17.5 Å². The van der Waals surface area contributed by atoms with Crippen LogP contribution >= 0.6 is 0 Å². The molecule has 0 spiro atoms. The largest absolute Gasteiger partial charge is 0.383 e. The number of aromatic nitrogens is 1. The van der Waals surface area contributed by atoms with Crippen molar-refractivity contribution < 1.29 is 14.9 Å². The van der Waals surface area contributed by atoms with Crippen molar-refractivity contribution in [2.75, 3.05) is 30.8 Å². The minimum Gasteiger partial charge on any atom is -0.383 e. The first kappa shape index (κ1) is 21.5. The molecule has 2 aliphatic heterocycles. The predicted molar refractivity (Wildman–Crippen MR) is 120 cm³/mol. The summed E-state index contributed by atoms with van der Waals surface area (Å²) < 4.78 is 1.57. The average molecular weight is 413 g/mol. The Labute approximate surface area is 177 Å². The first-order valence-corrected chi connectivity index (χ1v) is 10.1. The Morgan fingerprint density at radius 2 is 2.10 bits per heavy atom. The third-order valence-electron chi connectivity index (χ3n) is 5.60. The fourth-order valence-corrected chi connectivity index (χ4v) is 3.74. The summed E-state index contributed by atoms with van der Waals surface area (Å²) in [6.07, 6.45) is 6.82. The molecule has 2 aliphatic rings. The summed E-state index contributed by atoms with van der Waals surface area (Å²) in [5.41, 5.74) is 8.39. The van der Waals surface area contributed by atoms with E-state index in [2.05, 4.69) is 47.8 Å². The van der Waals surface area contributed by atoms with E-state index >= 15 is 0 Å². The van der Waals surface area contributed by atoms with Gasteiger partial charge in [-0.3, -0.25) is 10.7 Å². The molecule has 0 aliphatic carbocycles. The molecule has 9 nitrogen and oxygen atoms in total. The van der Waals surface area contributed by atoms with Crippen LogP contribution in [0.1, 0.15) is 39.2 Å². The minimum absolute atomic E-state index is 0.102. The first-order valence-electron chi connectivity index (χ1n) is 10.1. The summed E-state index contributed by atoms with van der Waals surface area (Å²) in [6, 6.07) is 1.93. The zero-order chi connectivity index (χ0) is 22.1. The van der Waals surface area contributed by atoms with Crippen LogP contribution in [0.3, 0.4) is 0 Å². The van der Waals surface area contributed by atoms with Gasteiger partial charge in [0.1, 0.15) is 5.82 Å². The number of allylic oxidation sites excluding steroid dienone is 1. The van der Waals surface area contributed by atoms with E-state index in [4.69, 9.17) is 11.1 Å². The van der Waals surface area contributed by atoms with Gasteiger partial charge in [0.2, 0.25) is 11.5 Å². The zero-order valence-electron chi connectivity index (χ0n) is 18.2. The molecular weight excluding hydrogens is 380 g/mol. The number of urea groups is 1. The van der Waals surface area contributed by atoms with E-state index in [1.54, 1.807) is 15.8 Å². The maximum Gasteiger partial charge on any atom is 0.323 e. The van der Waals surface area contributed by atoms with Crippen LogP contribution in [-0.2, 0) is 0 Å². The Morgan fingerprint density at radius 3 is 2.67 bits per heavy atom. The van der Waals surface area contributed by atoms with Crippen molar-refractivity contribution in [3.05, 3.63) is 29.6 Å². The molecule has 1 fully saturated rings. The highest BCUT2D eigenvalue weighted by atomic mass is 16.2. The number of hydrogen-bond acceptors (Lipinski definition) is 5. The van der Waals surface area contributed by atoms with E-state index in [1.807, 2.05) is 19.2 Å². The lowest BCUT2D eigenvalue weighted by Gasteiger charge is -2.37. The van der Waals surface area contributed by atoms with Gasteiger partial charge in [-0.25, -0.2) is 9.78 Å². The molecular formula is C21H32N8O+2. The molecule has 5 N–H and O–H groups in total. The molecule has 2 amide bonds. The van der Waals surface area contributed by atoms with E-state index < -0.39 is 0 Å². The molecule has 30 heavy (non-hydrogen) atoms. The first-order chi connectivity index (χ1) is 14.1. The number of nitrogens with zero attached hydrogens (tertiary/aromatic N) is 5. The van der Waals surface area contributed by atoms with E-state index in [1.165, 1.54) is 6.21 Å². The van der Waals surface area contributed by atoms with E-state index in [0.29, 0.717) is 11.7 Å². The van der Waals surface area contributed by atoms with Crippen LogP contribution in [0, 0.1) is 5.41 Å². The van der Waals surface area contributed by atoms with E-state index in [0.717, 1.165) is 42.9 Å². The number of anilines is 2. The lowest BCUT2D eigenvalue weighted by molar-refractivity contribution is -0.481. The Morgan fingerprint density at radius 1 is 1.43 bits per heavy atom. The van der Waals surface area contributed by atoms with Gasteiger partial charge in [0.05, 0.1) is 23.5 Å². The molecule has 160 valence electrons. The summed E-state index contributed by atoms with van der Waals surface area (Å²) in [5.74, 6) is 0.939. The third-order valence-corrected chi connectivity index (χ3v) is 5.60. The molecule has 9 heteroatoms. The van der Waals surface area contributed by atoms with Crippen molar-refractivity contribution >= 4 is 36.3 Å². The average Bonchev–Trinajstić information content (AvgIpc) is 3.08. The summed E-state index contributed by atoms with van der Waals surface area (Å²) in [5, 5.41) is 12.8. The number of rotatable bonds is 3. The van der Waals surface area contributed by atoms with Crippen LogP contribution < -0.4 is 21.4 Å². The van der Waals surface area contributed by atoms with Crippen LogP contribution in [0.5, 0.6) is 0 Å². The van der Waals surface area contributed by atoms with Crippen molar-refractivity contribution in [2.24, 2.45) is 10.5 Å². The van der Waals surface area contributed by atoms with Crippen LogP contribution in [0.15, 0.2) is 29.1 Å². The Kier molecular flexibility index (Phi) is 5.91. The molecule has 3 heterocycles. The van der Waals surface area contributed by atoms with Gasteiger partial charge in [-0.15, -0.1) is 0 Å². The smallest absolute Gasteiger partial charge is 0.323 e. The van der Waals surface area contributed by atoms with Crippen molar-refractivity contribution in [1.82, 2.24) is 15.2 Å². The molecule has 0 aromatic carbocycles. The number of nitrogens with one attached hydrogen (secondary N) is 1. The van der Waals surface area contributed by atoms with Crippen LogP contribution in [0.4, 0.5) is 16.3 Å². The third kappa shape index (κ3) is 4.50. The molecule has 1 aromatic rings. The topological polar surface area (TPSA) is 115 Å². The van der Waals surface area contributed by atoms with Crippen LogP contribution in [0.25, 0.3) is 0 Å². The van der Waals surface area contributed by atoms with Gasteiger partial charge in [0.15, 0.2) is 12.9 Å². The highest BCUT2D eigenvalue weighted by molar-refractivity contribution is 6.04. The normalized spacial score (nSPS) is 17.5. The van der Waals surface area contributed by atoms with Gasteiger partial charge in [-0.1, -0.05) is 25.5 Å². The van der Waals surface area contributed by atoms with Gasteiger partial charge in [0.25, 0.3) is 0 Å². The predicted octanol–water partition coefficient (Wildman–Crippen LogP) is 0.422. The highest BCUT2D eigenvalue weighted by Gasteiger charge is 2.34. The SMILES string of the molecule is C=[N+]1N=C(NC(=O)N(C)C2CCN(c3cnc(N)c(C=[NH2+])c3)CC2)C=C1C(C)(C)C. The summed E-state index contributed by atoms with van der Waals surface area (Å²) in [4.78, 5) is 21.0. The quantitative estimate of drug-likeness (QED) is 0.493. The lowest BCUT2D eigenvalue weighted by Crippen LogP contribution is -2.49. The summed E-state index contributed by atoms with van der Waals surface area (Å²) >= 11 is 0.